The quantitative estimate of drug-likeness (QED) is 0.729. The number of rotatable bonds is 4. The van der Waals surface area contributed by atoms with Crippen LogP contribution in [0.15, 0.2) is 11.3 Å². The van der Waals surface area contributed by atoms with E-state index in [2.05, 4.69) is 34.6 Å². The summed E-state index contributed by atoms with van der Waals surface area (Å²) in [6.07, 6.45) is 2.07. The Morgan fingerprint density at radius 2 is 1.79 bits per heavy atom. The van der Waals surface area contributed by atoms with Crippen molar-refractivity contribution >= 4 is 0 Å². The zero-order valence-electron chi connectivity index (χ0n) is 10.4. The lowest BCUT2D eigenvalue weighted by Gasteiger charge is -2.22. The molecule has 0 heterocycles. The fourth-order valence-corrected chi connectivity index (χ4v) is 1.19. The van der Waals surface area contributed by atoms with E-state index < -0.39 is 0 Å². The molecule has 0 aromatic rings. The van der Waals surface area contributed by atoms with E-state index in [4.69, 9.17) is 11.5 Å². The van der Waals surface area contributed by atoms with E-state index >= 15 is 0 Å². The molecule has 4 N–H and O–H groups in total. The first-order valence-corrected chi connectivity index (χ1v) is 5.44. The van der Waals surface area contributed by atoms with Crippen molar-refractivity contribution in [1.29, 1.82) is 0 Å². The van der Waals surface area contributed by atoms with E-state index in [0.29, 0.717) is 5.92 Å². The minimum absolute atomic E-state index is 0.191. The molecule has 0 radical (unpaired) electrons. The van der Waals surface area contributed by atoms with Crippen molar-refractivity contribution in [1.82, 2.24) is 0 Å². The number of nitrogens with two attached hydrogens (primary N) is 2. The minimum atomic E-state index is 0.191. The van der Waals surface area contributed by atoms with Gasteiger partial charge < -0.3 is 11.5 Å². The highest BCUT2D eigenvalue weighted by Crippen LogP contribution is 2.27. The zero-order chi connectivity index (χ0) is 11.4. The molecule has 0 rings (SSSR count). The monoisotopic (exact) mass is 198 g/mol. The van der Waals surface area contributed by atoms with Crippen LogP contribution in [0.1, 0.15) is 47.5 Å². The second-order valence-corrected chi connectivity index (χ2v) is 5.28. The van der Waals surface area contributed by atoms with E-state index in [9.17, 15) is 0 Å². The van der Waals surface area contributed by atoms with Crippen LogP contribution in [0.2, 0.25) is 0 Å². The highest BCUT2D eigenvalue weighted by atomic mass is 14.6. The first-order valence-electron chi connectivity index (χ1n) is 5.44. The molecule has 1 unspecified atom stereocenters. The van der Waals surface area contributed by atoms with Gasteiger partial charge in [0.25, 0.3) is 0 Å². The van der Waals surface area contributed by atoms with Crippen molar-refractivity contribution in [3.63, 3.8) is 0 Å². The second kappa shape index (κ2) is 5.40. The Morgan fingerprint density at radius 1 is 1.29 bits per heavy atom. The van der Waals surface area contributed by atoms with Crippen LogP contribution >= 0.6 is 0 Å². The van der Waals surface area contributed by atoms with E-state index in [1.165, 1.54) is 5.57 Å². The van der Waals surface area contributed by atoms with Crippen molar-refractivity contribution in [3.8, 4) is 0 Å². The van der Waals surface area contributed by atoms with E-state index in [-0.39, 0.29) is 5.41 Å². The van der Waals surface area contributed by atoms with Crippen LogP contribution < -0.4 is 11.5 Å². The Kier molecular flexibility index (Phi) is 5.21. The SMILES string of the molecule is CC(=C(N)CCC(C)CN)C(C)(C)C. The summed E-state index contributed by atoms with van der Waals surface area (Å²) in [4.78, 5) is 0. The zero-order valence-corrected chi connectivity index (χ0v) is 10.4. The minimum Gasteiger partial charge on any atom is -0.402 e. The molecule has 0 saturated heterocycles. The van der Waals surface area contributed by atoms with Gasteiger partial charge in [0.2, 0.25) is 0 Å². The maximum atomic E-state index is 6.05. The molecule has 0 aromatic carbocycles. The third kappa shape index (κ3) is 4.66. The summed E-state index contributed by atoms with van der Waals surface area (Å²) in [6.45, 7) is 11.6. The molecule has 0 saturated carbocycles. The maximum absolute atomic E-state index is 6.05. The van der Waals surface area contributed by atoms with Gasteiger partial charge in [-0.15, -0.1) is 0 Å². The van der Waals surface area contributed by atoms with Gasteiger partial charge in [-0.1, -0.05) is 27.7 Å². The summed E-state index contributed by atoms with van der Waals surface area (Å²) in [7, 11) is 0. The first-order chi connectivity index (χ1) is 6.29. The molecule has 0 fully saturated rings. The van der Waals surface area contributed by atoms with Crippen molar-refractivity contribution in [2.45, 2.75) is 47.5 Å². The van der Waals surface area contributed by atoms with Crippen molar-refractivity contribution in [2.24, 2.45) is 22.8 Å². The highest BCUT2D eigenvalue weighted by Gasteiger charge is 2.15. The Hall–Kier alpha value is -0.500. The standard InChI is InChI=1S/C12H26N2/c1-9(8-13)6-7-11(14)10(2)12(3,4)5/h9H,6-8,13-14H2,1-5H3. The van der Waals surface area contributed by atoms with Crippen LogP contribution in [0.4, 0.5) is 0 Å². The molecule has 0 aliphatic heterocycles. The maximum Gasteiger partial charge on any atom is 0.00750 e. The topological polar surface area (TPSA) is 52.0 Å². The van der Waals surface area contributed by atoms with Gasteiger partial charge in [0.15, 0.2) is 0 Å². The number of hydrogen-bond donors (Lipinski definition) is 2. The molecule has 0 bridgehead atoms. The van der Waals surface area contributed by atoms with Crippen LogP contribution in [0.25, 0.3) is 0 Å². The van der Waals surface area contributed by atoms with E-state index in [1.54, 1.807) is 0 Å². The lowest BCUT2D eigenvalue weighted by atomic mass is 9.85. The molecular weight excluding hydrogens is 172 g/mol. The Morgan fingerprint density at radius 3 is 2.14 bits per heavy atom. The van der Waals surface area contributed by atoms with Crippen LogP contribution in [0.3, 0.4) is 0 Å². The van der Waals surface area contributed by atoms with E-state index in [1.807, 2.05) is 0 Å². The van der Waals surface area contributed by atoms with Gasteiger partial charge in [0.1, 0.15) is 0 Å². The molecule has 2 heteroatoms. The van der Waals surface area contributed by atoms with Gasteiger partial charge in [-0.2, -0.15) is 0 Å². The summed E-state index contributed by atoms with van der Waals surface area (Å²) in [6, 6.07) is 0. The van der Waals surface area contributed by atoms with Gasteiger partial charge in [-0.05, 0) is 43.2 Å². The van der Waals surface area contributed by atoms with Gasteiger partial charge in [-0.25, -0.2) is 0 Å². The van der Waals surface area contributed by atoms with Crippen molar-refractivity contribution in [3.05, 3.63) is 11.3 Å². The molecule has 0 aliphatic carbocycles. The summed E-state index contributed by atoms with van der Waals surface area (Å²) in [5, 5.41) is 0. The summed E-state index contributed by atoms with van der Waals surface area (Å²) >= 11 is 0. The van der Waals surface area contributed by atoms with Gasteiger partial charge in [-0.3, -0.25) is 0 Å². The summed E-state index contributed by atoms with van der Waals surface area (Å²) in [5.74, 6) is 0.571. The van der Waals surface area contributed by atoms with Gasteiger partial charge in [0.05, 0.1) is 0 Å². The Bertz CT molecular complexity index is 199. The summed E-state index contributed by atoms with van der Waals surface area (Å²) in [5.41, 5.74) is 14.1. The molecule has 0 aliphatic rings. The predicted molar refractivity (Wildman–Crippen MR) is 63.8 cm³/mol. The third-order valence-corrected chi connectivity index (χ3v) is 2.92. The van der Waals surface area contributed by atoms with Crippen molar-refractivity contribution < 1.29 is 0 Å². The van der Waals surface area contributed by atoms with E-state index in [0.717, 1.165) is 25.1 Å². The predicted octanol–water partition coefficient (Wildman–Crippen LogP) is 2.64. The number of hydrogen-bond acceptors (Lipinski definition) is 2. The van der Waals surface area contributed by atoms with Gasteiger partial charge >= 0.3 is 0 Å². The van der Waals surface area contributed by atoms with Crippen LogP contribution in [-0.4, -0.2) is 6.54 Å². The fourth-order valence-electron chi connectivity index (χ4n) is 1.19. The molecule has 0 spiro atoms. The molecule has 1 atom stereocenters. The lowest BCUT2D eigenvalue weighted by Crippen LogP contribution is -2.16. The Labute approximate surface area is 88.7 Å². The normalized spacial score (nSPS) is 16.4. The van der Waals surface area contributed by atoms with Crippen LogP contribution in [0.5, 0.6) is 0 Å². The second-order valence-electron chi connectivity index (χ2n) is 5.28. The molecule has 0 amide bonds. The molecule has 84 valence electrons. The Balaban J connectivity index is 4.25. The third-order valence-electron chi connectivity index (χ3n) is 2.92. The summed E-state index contributed by atoms with van der Waals surface area (Å²) < 4.78 is 0. The average molecular weight is 198 g/mol. The van der Waals surface area contributed by atoms with Gasteiger partial charge in [0, 0.05) is 5.70 Å². The molecule has 2 nitrogen and oxygen atoms in total. The molecule has 0 aromatic heterocycles. The van der Waals surface area contributed by atoms with Crippen LogP contribution in [0, 0.1) is 11.3 Å². The van der Waals surface area contributed by atoms with Crippen LogP contribution in [-0.2, 0) is 0 Å². The molecule has 14 heavy (non-hydrogen) atoms. The van der Waals surface area contributed by atoms with Crippen molar-refractivity contribution in [2.75, 3.05) is 6.54 Å². The largest absolute Gasteiger partial charge is 0.402 e. The highest BCUT2D eigenvalue weighted by molar-refractivity contribution is 5.15. The lowest BCUT2D eigenvalue weighted by molar-refractivity contribution is 0.485. The fraction of sp³-hybridized carbons (Fsp3) is 0.833. The number of allylic oxidation sites excluding steroid dienone is 2. The smallest absolute Gasteiger partial charge is 0.00750 e. The average Bonchev–Trinajstić information content (AvgIpc) is 2.10. The first kappa shape index (κ1) is 13.5. The molecular formula is C12H26N2.